The fourth-order valence-electron chi connectivity index (χ4n) is 2.97. The molecule has 2 rings (SSSR count). The number of amides is 1. The predicted octanol–water partition coefficient (Wildman–Crippen LogP) is 2.43. The molecule has 0 saturated carbocycles. The molecule has 0 heterocycles. The van der Waals surface area contributed by atoms with Crippen LogP contribution in [0.15, 0.2) is 24.3 Å². The van der Waals surface area contributed by atoms with Crippen molar-refractivity contribution in [1.82, 2.24) is 5.32 Å². The largest absolute Gasteiger partial charge is 0.351 e. The Labute approximate surface area is 121 Å². The van der Waals surface area contributed by atoms with Gasteiger partial charge in [-0.1, -0.05) is 31.2 Å². The van der Waals surface area contributed by atoms with E-state index >= 15 is 0 Å². The first kappa shape index (κ1) is 15.0. The zero-order chi connectivity index (χ0) is 14.6. The third kappa shape index (κ3) is 3.40. The molecule has 0 aliphatic heterocycles. The summed E-state index contributed by atoms with van der Waals surface area (Å²) in [4.78, 5) is 12.5. The third-order valence-corrected chi connectivity index (χ3v) is 4.62. The van der Waals surface area contributed by atoms with Crippen molar-refractivity contribution in [2.24, 2.45) is 11.7 Å². The first-order chi connectivity index (χ1) is 9.58. The minimum atomic E-state index is -0.164. The molecule has 3 N–H and O–H groups in total. The van der Waals surface area contributed by atoms with Crippen LogP contribution in [-0.2, 0) is 17.6 Å². The van der Waals surface area contributed by atoms with Crippen molar-refractivity contribution in [2.45, 2.75) is 51.5 Å². The maximum atomic E-state index is 12.5. The smallest absolute Gasteiger partial charge is 0.223 e. The number of nitrogens with one attached hydrogen (secondary N) is 1. The zero-order valence-electron chi connectivity index (χ0n) is 12.6. The van der Waals surface area contributed by atoms with E-state index in [1.54, 1.807) is 0 Å². The van der Waals surface area contributed by atoms with E-state index in [4.69, 9.17) is 5.73 Å². The molecule has 3 heteroatoms. The first-order valence-electron chi connectivity index (χ1n) is 7.67. The Morgan fingerprint density at radius 2 is 2.10 bits per heavy atom. The van der Waals surface area contributed by atoms with Crippen LogP contribution in [0.25, 0.3) is 0 Å². The van der Waals surface area contributed by atoms with Gasteiger partial charge in [0.15, 0.2) is 0 Å². The van der Waals surface area contributed by atoms with Gasteiger partial charge in [0.05, 0.1) is 0 Å². The summed E-state index contributed by atoms with van der Waals surface area (Å²) in [5, 5.41) is 3.23. The molecule has 0 aromatic heterocycles. The zero-order valence-corrected chi connectivity index (χ0v) is 12.6. The summed E-state index contributed by atoms with van der Waals surface area (Å²) in [5.41, 5.74) is 8.22. The molecule has 1 aromatic carbocycles. The summed E-state index contributed by atoms with van der Waals surface area (Å²) >= 11 is 0. The highest BCUT2D eigenvalue weighted by Crippen LogP contribution is 2.26. The number of hydrogen-bond acceptors (Lipinski definition) is 2. The molecule has 0 spiro atoms. The molecular weight excluding hydrogens is 248 g/mol. The second-order valence-electron chi connectivity index (χ2n) is 6.15. The van der Waals surface area contributed by atoms with E-state index in [9.17, 15) is 4.79 Å². The van der Waals surface area contributed by atoms with Crippen molar-refractivity contribution in [2.75, 3.05) is 6.54 Å². The van der Waals surface area contributed by atoms with Gasteiger partial charge in [0.1, 0.15) is 0 Å². The fourth-order valence-corrected chi connectivity index (χ4v) is 2.97. The molecule has 0 radical (unpaired) electrons. The van der Waals surface area contributed by atoms with Gasteiger partial charge >= 0.3 is 0 Å². The van der Waals surface area contributed by atoms with Gasteiger partial charge in [0, 0.05) is 11.5 Å². The first-order valence-corrected chi connectivity index (χ1v) is 7.67. The normalized spacial score (nSPS) is 20.9. The Hall–Kier alpha value is -1.35. The van der Waals surface area contributed by atoms with Crippen molar-refractivity contribution < 1.29 is 4.79 Å². The van der Waals surface area contributed by atoms with Gasteiger partial charge in [0.2, 0.25) is 5.91 Å². The molecule has 2 unspecified atom stereocenters. The van der Waals surface area contributed by atoms with E-state index in [2.05, 4.69) is 43.4 Å². The van der Waals surface area contributed by atoms with Gasteiger partial charge < -0.3 is 11.1 Å². The lowest BCUT2D eigenvalue weighted by Gasteiger charge is -2.32. The molecule has 110 valence electrons. The van der Waals surface area contributed by atoms with Crippen LogP contribution in [0.4, 0.5) is 0 Å². The van der Waals surface area contributed by atoms with E-state index < -0.39 is 0 Å². The lowest BCUT2D eigenvalue weighted by Crippen LogP contribution is -2.49. The maximum Gasteiger partial charge on any atom is 0.223 e. The minimum Gasteiger partial charge on any atom is -0.351 e. The summed E-state index contributed by atoms with van der Waals surface area (Å²) in [5.74, 6) is 0.297. The van der Waals surface area contributed by atoms with Crippen LogP contribution in [0, 0.1) is 5.92 Å². The van der Waals surface area contributed by atoms with Crippen LogP contribution in [0.3, 0.4) is 0 Å². The Morgan fingerprint density at radius 1 is 1.40 bits per heavy atom. The second-order valence-corrected chi connectivity index (χ2v) is 6.15. The fraction of sp³-hybridized carbons (Fsp3) is 0.588. The molecule has 2 atom stereocenters. The Bertz CT molecular complexity index is 472. The van der Waals surface area contributed by atoms with Crippen molar-refractivity contribution in [3.8, 4) is 0 Å². The van der Waals surface area contributed by atoms with Crippen LogP contribution in [0.2, 0.25) is 0 Å². The van der Waals surface area contributed by atoms with E-state index in [1.807, 2.05) is 0 Å². The number of fused-ring (bicyclic) bond motifs is 1. The Kier molecular flexibility index (Phi) is 4.81. The lowest BCUT2D eigenvalue weighted by atomic mass is 9.82. The molecule has 20 heavy (non-hydrogen) atoms. The van der Waals surface area contributed by atoms with Gasteiger partial charge in [-0.2, -0.15) is 0 Å². The highest BCUT2D eigenvalue weighted by Gasteiger charge is 2.29. The summed E-state index contributed by atoms with van der Waals surface area (Å²) in [7, 11) is 0. The van der Waals surface area contributed by atoms with Gasteiger partial charge in [-0.3, -0.25) is 4.79 Å². The number of nitrogens with two attached hydrogens (primary N) is 1. The van der Waals surface area contributed by atoms with Gasteiger partial charge in [-0.05, 0) is 56.7 Å². The SMILES string of the molecule is CCC(C)(CCN)NC(=O)C1CCc2ccccc2C1. The summed E-state index contributed by atoms with van der Waals surface area (Å²) < 4.78 is 0. The van der Waals surface area contributed by atoms with E-state index in [1.165, 1.54) is 11.1 Å². The number of hydrogen-bond donors (Lipinski definition) is 2. The van der Waals surface area contributed by atoms with E-state index in [0.29, 0.717) is 6.54 Å². The van der Waals surface area contributed by atoms with Gasteiger partial charge in [-0.25, -0.2) is 0 Å². The second kappa shape index (κ2) is 6.40. The average molecular weight is 274 g/mol. The summed E-state index contributed by atoms with van der Waals surface area (Å²) in [6.45, 7) is 4.80. The van der Waals surface area contributed by atoms with Gasteiger partial charge in [-0.15, -0.1) is 0 Å². The third-order valence-electron chi connectivity index (χ3n) is 4.62. The molecule has 0 saturated heterocycles. The molecule has 3 nitrogen and oxygen atoms in total. The standard InChI is InChI=1S/C17H26N2O/c1-3-17(2,10-11-18)19-16(20)15-9-8-13-6-4-5-7-14(13)12-15/h4-7,15H,3,8-12,18H2,1-2H3,(H,19,20). The number of benzene rings is 1. The predicted molar refractivity (Wildman–Crippen MR) is 82.5 cm³/mol. The van der Waals surface area contributed by atoms with E-state index in [-0.39, 0.29) is 17.4 Å². The number of carbonyl (C=O) groups is 1. The molecule has 0 fully saturated rings. The number of aryl methyl sites for hydroxylation is 1. The Morgan fingerprint density at radius 3 is 2.75 bits per heavy atom. The maximum absolute atomic E-state index is 12.5. The molecular formula is C17H26N2O. The molecule has 1 aliphatic rings. The molecule has 1 aromatic rings. The monoisotopic (exact) mass is 274 g/mol. The topological polar surface area (TPSA) is 55.1 Å². The van der Waals surface area contributed by atoms with Crippen LogP contribution in [0.1, 0.15) is 44.2 Å². The average Bonchev–Trinajstić information content (AvgIpc) is 2.47. The van der Waals surface area contributed by atoms with Gasteiger partial charge in [0.25, 0.3) is 0 Å². The molecule has 0 bridgehead atoms. The van der Waals surface area contributed by atoms with Crippen molar-refractivity contribution in [3.63, 3.8) is 0 Å². The molecule has 1 amide bonds. The lowest BCUT2D eigenvalue weighted by molar-refractivity contribution is -0.127. The van der Waals surface area contributed by atoms with Crippen LogP contribution >= 0.6 is 0 Å². The van der Waals surface area contributed by atoms with Crippen LogP contribution in [-0.4, -0.2) is 18.0 Å². The highest BCUT2D eigenvalue weighted by molar-refractivity contribution is 5.80. The Balaban J connectivity index is 2.01. The number of rotatable bonds is 5. The van der Waals surface area contributed by atoms with Crippen molar-refractivity contribution >= 4 is 5.91 Å². The summed E-state index contributed by atoms with van der Waals surface area (Å²) in [6, 6.07) is 8.46. The molecule has 1 aliphatic carbocycles. The minimum absolute atomic E-state index is 0.105. The quantitative estimate of drug-likeness (QED) is 0.866. The van der Waals surface area contributed by atoms with Crippen molar-refractivity contribution in [3.05, 3.63) is 35.4 Å². The number of carbonyl (C=O) groups excluding carboxylic acids is 1. The summed E-state index contributed by atoms with van der Waals surface area (Å²) in [6.07, 6.45) is 4.57. The van der Waals surface area contributed by atoms with E-state index in [0.717, 1.165) is 32.1 Å². The highest BCUT2D eigenvalue weighted by atomic mass is 16.2. The van der Waals surface area contributed by atoms with Crippen molar-refractivity contribution in [1.29, 1.82) is 0 Å². The van der Waals surface area contributed by atoms with Crippen LogP contribution < -0.4 is 11.1 Å². The van der Waals surface area contributed by atoms with Crippen LogP contribution in [0.5, 0.6) is 0 Å².